The fourth-order valence-electron chi connectivity index (χ4n) is 1.13. The highest BCUT2D eigenvalue weighted by Gasteiger charge is 2.16. The van der Waals surface area contributed by atoms with Crippen LogP contribution in [0.25, 0.3) is 0 Å². The van der Waals surface area contributed by atoms with Crippen LogP contribution >= 0.6 is 0 Å². The normalized spacial score (nSPS) is 11.1. The number of nitrogens with one attached hydrogen (secondary N) is 1. The van der Waals surface area contributed by atoms with Gasteiger partial charge in [0, 0.05) is 6.20 Å². The summed E-state index contributed by atoms with van der Waals surface area (Å²) in [6, 6.07) is 2.86. The van der Waals surface area contributed by atoms with Gasteiger partial charge >= 0.3 is 5.97 Å². The molecular formula is C12H16N2O4. The number of nitrogens with zero attached hydrogens (tertiary/aromatic N) is 1. The SMILES string of the molecule is CC(C)(C)OCC(=O)Nc1ncccc1C(=O)O. The van der Waals surface area contributed by atoms with E-state index >= 15 is 0 Å². The number of pyridine rings is 1. The van der Waals surface area contributed by atoms with Crippen molar-refractivity contribution in [2.24, 2.45) is 0 Å². The quantitative estimate of drug-likeness (QED) is 0.848. The summed E-state index contributed by atoms with van der Waals surface area (Å²) in [7, 11) is 0. The molecule has 1 rings (SSSR count). The lowest BCUT2D eigenvalue weighted by Gasteiger charge is -2.19. The number of rotatable bonds is 4. The van der Waals surface area contributed by atoms with E-state index in [4.69, 9.17) is 9.84 Å². The van der Waals surface area contributed by atoms with Crippen molar-refractivity contribution in [3.63, 3.8) is 0 Å². The number of aromatic nitrogens is 1. The summed E-state index contributed by atoms with van der Waals surface area (Å²) in [6.45, 7) is 5.32. The van der Waals surface area contributed by atoms with Crippen LogP contribution in [-0.2, 0) is 9.53 Å². The summed E-state index contributed by atoms with van der Waals surface area (Å²) in [5.41, 5.74) is -0.488. The third kappa shape index (κ3) is 4.50. The van der Waals surface area contributed by atoms with Crippen LogP contribution in [0.2, 0.25) is 0 Å². The van der Waals surface area contributed by atoms with Crippen molar-refractivity contribution in [2.75, 3.05) is 11.9 Å². The Morgan fingerprint density at radius 1 is 1.44 bits per heavy atom. The number of aromatic carboxylic acids is 1. The summed E-state index contributed by atoms with van der Waals surface area (Å²) in [6.07, 6.45) is 1.41. The molecule has 2 N–H and O–H groups in total. The number of anilines is 1. The predicted molar refractivity (Wildman–Crippen MR) is 65.5 cm³/mol. The van der Waals surface area contributed by atoms with Gasteiger partial charge < -0.3 is 15.2 Å². The molecule has 6 heteroatoms. The van der Waals surface area contributed by atoms with E-state index in [1.165, 1.54) is 18.3 Å². The standard InChI is InChI=1S/C12H16N2O4/c1-12(2,3)18-7-9(15)14-10-8(11(16)17)5-4-6-13-10/h4-6H,7H2,1-3H3,(H,16,17)(H,13,14,15). The first-order valence-electron chi connectivity index (χ1n) is 5.42. The number of carboxylic acids is 1. The Labute approximate surface area is 105 Å². The predicted octanol–water partition coefficient (Wildman–Crippen LogP) is 1.53. The van der Waals surface area contributed by atoms with E-state index in [1.54, 1.807) is 0 Å². The van der Waals surface area contributed by atoms with Crippen molar-refractivity contribution in [2.45, 2.75) is 26.4 Å². The average molecular weight is 252 g/mol. The fourth-order valence-corrected chi connectivity index (χ4v) is 1.13. The second-order valence-corrected chi connectivity index (χ2v) is 4.65. The molecule has 0 atom stereocenters. The largest absolute Gasteiger partial charge is 0.478 e. The molecule has 0 fully saturated rings. The summed E-state index contributed by atoms with van der Waals surface area (Å²) >= 11 is 0. The molecule has 0 unspecified atom stereocenters. The van der Waals surface area contributed by atoms with Crippen LogP contribution in [0.1, 0.15) is 31.1 Å². The van der Waals surface area contributed by atoms with Crippen LogP contribution in [-0.4, -0.2) is 34.2 Å². The summed E-state index contributed by atoms with van der Waals surface area (Å²) in [4.78, 5) is 26.3. The van der Waals surface area contributed by atoms with Gasteiger partial charge in [-0.1, -0.05) is 0 Å². The summed E-state index contributed by atoms with van der Waals surface area (Å²) < 4.78 is 5.28. The number of hydrogen-bond donors (Lipinski definition) is 2. The van der Waals surface area contributed by atoms with Crippen molar-refractivity contribution in [1.29, 1.82) is 0 Å². The Morgan fingerprint density at radius 2 is 2.11 bits per heavy atom. The zero-order valence-electron chi connectivity index (χ0n) is 10.6. The molecule has 98 valence electrons. The lowest BCUT2D eigenvalue weighted by atomic mass is 10.2. The van der Waals surface area contributed by atoms with Gasteiger partial charge in [0.15, 0.2) is 0 Å². The first kappa shape index (κ1) is 14.1. The van der Waals surface area contributed by atoms with Gasteiger partial charge in [-0.3, -0.25) is 4.79 Å². The van der Waals surface area contributed by atoms with Gasteiger partial charge in [-0.25, -0.2) is 9.78 Å². The van der Waals surface area contributed by atoms with Gasteiger partial charge in [0.1, 0.15) is 18.0 Å². The highest BCUT2D eigenvalue weighted by molar-refractivity contribution is 5.99. The molecule has 0 aromatic carbocycles. The van der Waals surface area contributed by atoms with Gasteiger partial charge in [-0.05, 0) is 32.9 Å². The van der Waals surface area contributed by atoms with E-state index in [1.807, 2.05) is 20.8 Å². The molecule has 0 aliphatic heterocycles. The van der Waals surface area contributed by atoms with Crippen LogP contribution in [0.5, 0.6) is 0 Å². The summed E-state index contributed by atoms with van der Waals surface area (Å²) in [5.74, 6) is -1.56. The maximum atomic E-state index is 11.6. The lowest BCUT2D eigenvalue weighted by Crippen LogP contribution is -2.27. The molecule has 0 spiro atoms. The number of amides is 1. The molecule has 0 aliphatic carbocycles. The van der Waals surface area contributed by atoms with Crippen LogP contribution < -0.4 is 5.32 Å². The maximum absolute atomic E-state index is 11.6. The van der Waals surface area contributed by atoms with E-state index in [9.17, 15) is 9.59 Å². The minimum absolute atomic E-state index is 0.0208. The molecule has 6 nitrogen and oxygen atoms in total. The Kier molecular flexibility index (Phi) is 4.38. The Morgan fingerprint density at radius 3 is 2.67 bits per heavy atom. The van der Waals surface area contributed by atoms with Crippen LogP contribution in [0.4, 0.5) is 5.82 Å². The van der Waals surface area contributed by atoms with Crippen LogP contribution in [0.3, 0.4) is 0 Å². The van der Waals surface area contributed by atoms with Crippen molar-refractivity contribution in [3.05, 3.63) is 23.9 Å². The van der Waals surface area contributed by atoms with E-state index in [0.717, 1.165) is 0 Å². The van der Waals surface area contributed by atoms with E-state index in [-0.39, 0.29) is 18.0 Å². The smallest absolute Gasteiger partial charge is 0.339 e. The zero-order chi connectivity index (χ0) is 13.8. The maximum Gasteiger partial charge on any atom is 0.339 e. The number of ether oxygens (including phenoxy) is 1. The Hall–Kier alpha value is -1.95. The van der Waals surface area contributed by atoms with Gasteiger partial charge in [-0.15, -0.1) is 0 Å². The second-order valence-electron chi connectivity index (χ2n) is 4.65. The zero-order valence-corrected chi connectivity index (χ0v) is 10.6. The molecule has 1 aromatic heterocycles. The van der Waals surface area contributed by atoms with Crippen molar-refractivity contribution in [3.8, 4) is 0 Å². The summed E-state index contributed by atoms with van der Waals surface area (Å²) in [5, 5.41) is 11.3. The molecule has 0 bridgehead atoms. The minimum Gasteiger partial charge on any atom is -0.478 e. The molecular weight excluding hydrogens is 236 g/mol. The lowest BCUT2D eigenvalue weighted by molar-refractivity contribution is -0.125. The molecule has 0 saturated carbocycles. The molecule has 1 heterocycles. The molecule has 1 amide bonds. The van der Waals surface area contributed by atoms with Crippen molar-refractivity contribution < 1.29 is 19.4 Å². The second kappa shape index (κ2) is 5.59. The first-order valence-corrected chi connectivity index (χ1v) is 5.42. The van der Waals surface area contributed by atoms with Crippen molar-refractivity contribution in [1.82, 2.24) is 4.98 Å². The molecule has 0 radical (unpaired) electrons. The molecule has 18 heavy (non-hydrogen) atoms. The molecule has 1 aromatic rings. The monoisotopic (exact) mass is 252 g/mol. The Bertz CT molecular complexity index is 452. The van der Waals surface area contributed by atoms with Crippen LogP contribution in [0.15, 0.2) is 18.3 Å². The average Bonchev–Trinajstić information content (AvgIpc) is 2.26. The minimum atomic E-state index is -1.14. The third-order valence-corrected chi connectivity index (χ3v) is 1.93. The highest BCUT2D eigenvalue weighted by Crippen LogP contribution is 2.12. The number of carboxylic acid groups (broad SMARTS) is 1. The molecule has 0 saturated heterocycles. The fraction of sp³-hybridized carbons (Fsp3) is 0.417. The number of hydrogen-bond acceptors (Lipinski definition) is 4. The van der Waals surface area contributed by atoms with Crippen LogP contribution in [0, 0.1) is 0 Å². The topological polar surface area (TPSA) is 88.5 Å². The van der Waals surface area contributed by atoms with Gasteiger partial charge in [0.25, 0.3) is 5.91 Å². The number of carbonyl (C=O) groups excluding carboxylic acids is 1. The van der Waals surface area contributed by atoms with Crippen molar-refractivity contribution >= 4 is 17.7 Å². The van der Waals surface area contributed by atoms with Gasteiger partial charge in [-0.2, -0.15) is 0 Å². The Balaban J connectivity index is 2.68. The van der Waals surface area contributed by atoms with E-state index in [2.05, 4.69) is 10.3 Å². The number of carbonyl (C=O) groups is 2. The third-order valence-electron chi connectivity index (χ3n) is 1.93. The van der Waals surface area contributed by atoms with E-state index in [0.29, 0.717) is 0 Å². The van der Waals surface area contributed by atoms with Gasteiger partial charge in [0.2, 0.25) is 0 Å². The first-order chi connectivity index (χ1) is 8.29. The van der Waals surface area contributed by atoms with Gasteiger partial charge in [0.05, 0.1) is 5.60 Å². The molecule has 0 aliphatic rings. The van der Waals surface area contributed by atoms with E-state index < -0.39 is 17.5 Å². The highest BCUT2D eigenvalue weighted by atomic mass is 16.5.